The van der Waals surface area contributed by atoms with Crippen molar-refractivity contribution in [3.63, 3.8) is 0 Å². The van der Waals surface area contributed by atoms with Crippen molar-refractivity contribution in [1.82, 2.24) is 10.2 Å². The van der Waals surface area contributed by atoms with Gasteiger partial charge in [-0.3, -0.25) is 9.40 Å². The number of nitrogens with two attached hydrogens (primary N) is 1. The Morgan fingerprint density at radius 2 is 2.16 bits per heavy atom. The number of nitrogens with one attached hydrogen (secondary N) is 1. The van der Waals surface area contributed by atoms with E-state index in [1.165, 1.54) is 10.5 Å². The van der Waals surface area contributed by atoms with Gasteiger partial charge < -0.3 is 5.73 Å². The predicted molar refractivity (Wildman–Crippen MR) is 71.2 cm³/mol. The number of nitrogens with zero attached hydrogens (tertiary/aromatic N) is 2. The highest BCUT2D eigenvalue weighted by Crippen LogP contribution is 2.32. The van der Waals surface area contributed by atoms with Crippen molar-refractivity contribution in [1.29, 1.82) is 0 Å². The van der Waals surface area contributed by atoms with Gasteiger partial charge in [0.15, 0.2) is 5.03 Å². The van der Waals surface area contributed by atoms with Crippen LogP contribution in [0.5, 0.6) is 0 Å². The molecule has 0 atom stereocenters. The second-order valence-corrected chi connectivity index (χ2v) is 6.18. The lowest BCUT2D eigenvalue weighted by molar-refractivity contribution is 0.586. The summed E-state index contributed by atoms with van der Waals surface area (Å²) in [7, 11) is -3.62. The van der Waals surface area contributed by atoms with Crippen LogP contribution in [0.15, 0.2) is 35.5 Å². The van der Waals surface area contributed by atoms with Crippen LogP contribution in [0.2, 0.25) is 0 Å². The summed E-state index contributed by atoms with van der Waals surface area (Å²) in [6, 6.07) is 7.51. The van der Waals surface area contributed by atoms with Crippen LogP contribution < -0.4 is 10.0 Å². The van der Waals surface area contributed by atoms with Gasteiger partial charge in [-0.15, -0.1) is 0 Å². The Hall–Kier alpha value is -1.86. The molecule has 3 N–H and O–H groups in total. The first-order chi connectivity index (χ1) is 9.14. The molecule has 0 amide bonds. The van der Waals surface area contributed by atoms with Gasteiger partial charge in [-0.1, -0.05) is 18.2 Å². The number of hydrogen-bond acceptors (Lipinski definition) is 4. The summed E-state index contributed by atoms with van der Waals surface area (Å²) in [6.45, 7) is 0.589. The van der Waals surface area contributed by atoms with Gasteiger partial charge in [0.2, 0.25) is 0 Å². The van der Waals surface area contributed by atoms with Crippen LogP contribution >= 0.6 is 0 Å². The summed E-state index contributed by atoms with van der Waals surface area (Å²) in [5.74, 6) is 0. The first kappa shape index (κ1) is 12.2. The predicted octanol–water partition coefficient (Wildman–Crippen LogP) is 0.620. The maximum atomic E-state index is 12.6. The maximum Gasteiger partial charge on any atom is 0.281 e. The molecule has 0 bridgehead atoms. The second-order valence-electron chi connectivity index (χ2n) is 4.38. The van der Waals surface area contributed by atoms with E-state index in [-0.39, 0.29) is 11.6 Å². The van der Waals surface area contributed by atoms with Crippen molar-refractivity contribution in [3.05, 3.63) is 41.6 Å². The molecule has 0 saturated carbocycles. The van der Waals surface area contributed by atoms with Crippen LogP contribution in [0.3, 0.4) is 0 Å². The molecule has 19 heavy (non-hydrogen) atoms. The van der Waals surface area contributed by atoms with E-state index in [2.05, 4.69) is 10.2 Å². The molecule has 0 radical (unpaired) electrons. The molecule has 0 fully saturated rings. The van der Waals surface area contributed by atoms with Gasteiger partial charge in [-0.25, -0.2) is 0 Å². The van der Waals surface area contributed by atoms with E-state index >= 15 is 0 Å². The van der Waals surface area contributed by atoms with E-state index in [0.29, 0.717) is 12.1 Å². The number of para-hydroxylation sites is 1. The first-order valence-electron chi connectivity index (χ1n) is 5.97. The quantitative estimate of drug-likeness (QED) is 0.861. The van der Waals surface area contributed by atoms with Crippen molar-refractivity contribution >= 4 is 15.7 Å². The Kier molecular flexibility index (Phi) is 2.79. The third-order valence-corrected chi connectivity index (χ3v) is 5.12. The SMILES string of the molecule is NCc1cn[nH]c1S(=O)(=O)N1CCc2ccccc21. The fourth-order valence-corrected chi connectivity index (χ4v) is 3.96. The third kappa shape index (κ3) is 1.82. The lowest BCUT2D eigenvalue weighted by Gasteiger charge is -2.19. The third-order valence-electron chi connectivity index (χ3n) is 3.29. The summed E-state index contributed by atoms with van der Waals surface area (Å²) < 4.78 is 26.7. The molecule has 0 unspecified atom stereocenters. The largest absolute Gasteiger partial charge is 0.326 e. The number of sulfonamides is 1. The molecule has 100 valence electrons. The molecule has 1 aromatic heterocycles. The van der Waals surface area contributed by atoms with Crippen molar-refractivity contribution < 1.29 is 8.42 Å². The van der Waals surface area contributed by atoms with Crippen LogP contribution in [0, 0.1) is 0 Å². The minimum absolute atomic E-state index is 0.0895. The zero-order valence-electron chi connectivity index (χ0n) is 10.2. The highest BCUT2D eigenvalue weighted by atomic mass is 32.2. The summed E-state index contributed by atoms with van der Waals surface area (Å²) in [4.78, 5) is 0. The van der Waals surface area contributed by atoms with Crippen LogP contribution in [0.25, 0.3) is 0 Å². The van der Waals surface area contributed by atoms with E-state index < -0.39 is 10.0 Å². The number of aromatic amines is 1. The highest BCUT2D eigenvalue weighted by molar-refractivity contribution is 7.92. The average Bonchev–Trinajstić information content (AvgIpc) is 3.05. The van der Waals surface area contributed by atoms with Crippen molar-refractivity contribution in [2.75, 3.05) is 10.8 Å². The van der Waals surface area contributed by atoms with Crippen LogP contribution in [-0.2, 0) is 23.0 Å². The number of anilines is 1. The Bertz CT molecular complexity index is 708. The smallest absolute Gasteiger partial charge is 0.281 e. The summed E-state index contributed by atoms with van der Waals surface area (Å²) in [5.41, 5.74) is 7.82. The maximum absolute atomic E-state index is 12.6. The first-order valence-corrected chi connectivity index (χ1v) is 7.41. The molecule has 2 aromatic rings. The molecular formula is C12H14N4O2S. The standard InChI is InChI=1S/C12H14N4O2S/c13-7-10-8-14-15-12(10)19(17,18)16-6-5-9-3-1-2-4-11(9)16/h1-4,8H,5-7,13H2,(H,14,15). The number of rotatable bonds is 3. The lowest BCUT2D eigenvalue weighted by Crippen LogP contribution is -2.30. The van der Waals surface area contributed by atoms with Gasteiger partial charge in [-0.2, -0.15) is 13.5 Å². The number of hydrogen-bond donors (Lipinski definition) is 2. The molecule has 1 aliphatic heterocycles. The number of H-pyrrole nitrogens is 1. The Morgan fingerprint density at radius 1 is 1.37 bits per heavy atom. The molecule has 0 aliphatic carbocycles. The topological polar surface area (TPSA) is 92.1 Å². The van der Waals surface area contributed by atoms with Crippen LogP contribution in [0.1, 0.15) is 11.1 Å². The zero-order chi connectivity index (χ0) is 13.5. The normalized spacial score (nSPS) is 14.7. The van der Waals surface area contributed by atoms with Gasteiger partial charge in [0.1, 0.15) is 0 Å². The molecule has 6 nitrogen and oxygen atoms in total. The minimum Gasteiger partial charge on any atom is -0.326 e. The number of benzene rings is 1. The van der Waals surface area contributed by atoms with Gasteiger partial charge in [0.05, 0.1) is 11.9 Å². The van der Waals surface area contributed by atoms with E-state index in [0.717, 1.165) is 17.7 Å². The molecule has 0 spiro atoms. The Morgan fingerprint density at radius 3 is 2.95 bits per heavy atom. The second kappa shape index (κ2) is 4.36. The number of fused-ring (bicyclic) bond motifs is 1. The number of aromatic nitrogens is 2. The zero-order valence-corrected chi connectivity index (χ0v) is 11.0. The molecular weight excluding hydrogens is 264 g/mol. The molecule has 1 aliphatic rings. The Balaban J connectivity index is 2.08. The van der Waals surface area contributed by atoms with Crippen molar-refractivity contribution in [2.45, 2.75) is 18.0 Å². The Labute approximate surface area is 111 Å². The van der Waals surface area contributed by atoms with E-state index in [1.807, 2.05) is 24.3 Å². The van der Waals surface area contributed by atoms with Gasteiger partial charge in [0.25, 0.3) is 10.0 Å². The van der Waals surface area contributed by atoms with Crippen molar-refractivity contribution in [3.8, 4) is 0 Å². The fraction of sp³-hybridized carbons (Fsp3) is 0.250. The summed E-state index contributed by atoms with van der Waals surface area (Å²) in [5, 5.41) is 6.41. The summed E-state index contributed by atoms with van der Waals surface area (Å²) >= 11 is 0. The van der Waals surface area contributed by atoms with Crippen molar-refractivity contribution in [2.24, 2.45) is 5.73 Å². The highest BCUT2D eigenvalue weighted by Gasteiger charge is 2.33. The van der Waals surface area contributed by atoms with Gasteiger partial charge in [-0.05, 0) is 18.1 Å². The molecule has 1 aromatic carbocycles. The lowest BCUT2D eigenvalue weighted by atomic mass is 10.2. The molecule has 3 rings (SSSR count). The fourth-order valence-electron chi connectivity index (χ4n) is 2.34. The summed E-state index contributed by atoms with van der Waals surface area (Å²) in [6.07, 6.45) is 2.18. The minimum atomic E-state index is -3.62. The van der Waals surface area contributed by atoms with Crippen LogP contribution in [-0.4, -0.2) is 25.2 Å². The monoisotopic (exact) mass is 278 g/mol. The van der Waals surface area contributed by atoms with Gasteiger partial charge in [0, 0.05) is 18.7 Å². The average molecular weight is 278 g/mol. The molecule has 7 heteroatoms. The molecule has 2 heterocycles. The molecule has 0 saturated heterocycles. The van der Waals surface area contributed by atoms with Crippen LogP contribution in [0.4, 0.5) is 5.69 Å². The van der Waals surface area contributed by atoms with E-state index in [1.54, 1.807) is 0 Å². The van der Waals surface area contributed by atoms with Gasteiger partial charge >= 0.3 is 0 Å². The van der Waals surface area contributed by atoms with E-state index in [9.17, 15) is 8.42 Å². The van der Waals surface area contributed by atoms with E-state index in [4.69, 9.17) is 5.73 Å².